The predicted molar refractivity (Wildman–Crippen MR) is 75.9 cm³/mol. The zero-order chi connectivity index (χ0) is 12.4. The number of pyridine rings is 1. The predicted octanol–water partition coefficient (Wildman–Crippen LogP) is 3.44. The van der Waals surface area contributed by atoms with Gasteiger partial charge in [0.15, 0.2) is 0 Å². The van der Waals surface area contributed by atoms with E-state index in [9.17, 15) is 0 Å². The van der Waals surface area contributed by atoms with E-state index in [0.29, 0.717) is 6.04 Å². The highest BCUT2D eigenvalue weighted by molar-refractivity contribution is 6.18. The number of benzene rings is 1. The normalized spacial score (nSPS) is 20.6. The number of hydrogen-bond acceptors (Lipinski definition) is 2. The summed E-state index contributed by atoms with van der Waals surface area (Å²) in [6, 6.07) is 11.0. The lowest BCUT2D eigenvalue weighted by atomic mass is 10.1. The highest BCUT2D eigenvalue weighted by Gasteiger charge is 2.23. The molecule has 1 aliphatic rings. The second-order valence-corrected chi connectivity index (χ2v) is 5.22. The molecule has 1 saturated heterocycles. The first-order valence-electron chi connectivity index (χ1n) is 6.51. The van der Waals surface area contributed by atoms with E-state index >= 15 is 0 Å². The quantitative estimate of drug-likeness (QED) is 0.786. The first kappa shape index (κ1) is 11.9. The zero-order valence-corrected chi connectivity index (χ0v) is 11.1. The van der Waals surface area contributed by atoms with Crippen molar-refractivity contribution in [3.8, 4) is 0 Å². The molecule has 94 valence electrons. The van der Waals surface area contributed by atoms with E-state index in [0.717, 1.165) is 24.5 Å². The van der Waals surface area contributed by atoms with E-state index in [1.165, 1.54) is 23.8 Å². The Balaban J connectivity index is 1.90. The van der Waals surface area contributed by atoms with Gasteiger partial charge in [-0.05, 0) is 37.1 Å². The van der Waals surface area contributed by atoms with Crippen LogP contribution in [0.4, 0.5) is 0 Å². The van der Waals surface area contributed by atoms with Crippen LogP contribution in [0.2, 0.25) is 0 Å². The van der Waals surface area contributed by atoms with Gasteiger partial charge in [0.05, 0.1) is 5.52 Å². The molecule has 18 heavy (non-hydrogen) atoms. The largest absolute Gasteiger partial charge is 0.295 e. The van der Waals surface area contributed by atoms with Gasteiger partial charge in [0.2, 0.25) is 0 Å². The van der Waals surface area contributed by atoms with Gasteiger partial charge in [0.1, 0.15) is 0 Å². The molecule has 0 N–H and O–H groups in total. The summed E-state index contributed by atoms with van der Waals surface area (Å²) < 4.78 is 0. The summed E-state index contributed by atoms with van der Waals surface area (Å²) in [5.41, 5.74) is 2.44. The summed E-state index contributed by atoms with van der Waals surface area (Å²) >= 11 is 6.03. The number of halogens is 1. The SMILES string of the molecule is ClCC1CCCN1Cc1ccnc2ccccc12. The monoisotopic (exact) mass is 260 g/mol. The van der Waals surface area contributed by atoms with Crippen LogP contribution in [0.15, 0.2) is 36.5 Å². The standard InChI is InChI=1S/C15H17ClN2/c16-10-13-4-3-9-18(13)11-12-7-8-17-15-6-2-1-5-14(12)15/h1-2,5-8,13H,3-4,9-11H2. The molecule has 0 aliphatic carbocycles. The maximum absolute atomic E-state index is 6.03. The fourth-order valence-corrected chi connectivity index (χ4v) is 3.14. The Morgan fingerprint density at radius 1 is 1.28 bits per heavy atom. The minimum Gasteiger partial charge on any atom is -0.295 e. The van der Waals surface area contributed by atoms with Gasteiger partial charge in [0, 0.05) is 30.0 Å². The number of nitrogens with zero attached hydrogens (tertiary/aromatic N) is 2. The lowest BCUT2D eigenvalue weighted by Gasteiger charge is -2.23. The molecule has 1 aromatic heterocycles. The molecule has 0 saturated carbocycles. The lowest BCUT2D eigenvalue weighted by molar-refractivity contribution is 0.264. The number of fused-ring (bicyclic) bond motifs is 1. The van der Waals surface area contributed by atoms with Gasteiger partial charge >= 0.3 is 0 Å². The number of rotatable bonds is 3. The van der Waals surface area contributed by atoms with Crippen molar-refractivity contribution in [3.05, 3.63) is 42.1 Å². The molecule has 0 bridgehead atoms. The van der Waals surface area contributed by atoms with Crippen molar-refractivity contribution in [1.29, 1.82) is 0 Å². The van der Waals surface area contributed by atoms with Crippen molar-refractivity contribution in [3.63, 3.8) is 0 Å². The molecule has 2 aromatic rings. The van der Waals surface area contributed by atoms with Gasteiger partial charge < -0.3 is 0 Å². The molecule has 1 atom stereocenters. The molecule has 1 unspecified atom stereocenters. The van der Waals surface area contributed by atoms with Crippen LogP contribution in [0.1, 0.15) is 18.4 Å². The number of para-hydroxylation sites is 1. The third kappa shape index (κ3) is 2.23. The Hall–Kier alpha value is -1.12. The lowest BCUT2D eigenvalue weighted by Crippen LogP contribution is -2.30. The van der Waals surface area contributed by atoms with E-state index < -0.39 is 0 Å². The molecule has 1 aliphatic heterocycles. The Morgan fingerprint density at radius 3 is 3.06 bits per heavy atom. The van der Waals surface area contributed by atoms with Crippen LogP contribution in [-0.4, -0.2) is 28.4 Å². The summed E-state index contributed by atoms with van der Waals surface area (Å²) in [4.78, 5) is 6.91. The first-order chi connectivity index (χ1) is 8.88. The second kappa shape index (κ2) is 5.25. The van der Waals surface area contributed by atoms with Crippen LogP contribution in [0.5, 0.6) is 0 Å². The van der Waals surface area contributed by atoms with E-state index in [2.05, 4.69) is 34.1 Å². The van der Waals surface area contributed by atoms with Crippen LogP contribution >= 0.6 is 11.6 Å². The third-order valence-corrected chi connectivity index (χ3v) is 4.15. The number of aromatic nitrogens is 1. The van der Waals surface area contributed by atoms with Crippen LogP contribution in [-0.2, 0) is 6.54 Å². The van der Waals surface area contributed by atoms with Gasteiger partial charge in [-0.15, -0.1) is 11.6 Å². The molecule has 2 heterocycles. The molecule has 3 heteroatoms. The van der Waals surface area contributed by atoms with E-state index in [1.807, 2.05) is 12.3 Å². The van der Waals surface area contributed by atoms with Crippen molar-refractivity contribution in [2.24, 2.45) is 0 Å². The van der Waals surface area contributed by atoms with E-state index in [4.69, 9.17) is 11.6 Å². The first-order valence-corrected chi connectivity index (χ1v) is 7.04. The van der Waals surface area contributed by atoms with Gasteiger partial charge in [-0.1, -0.05) is 18.2 Å². The maximum atomic E-state index is 6.03. The molecule has 3 rings (SSSR count). The van der Waals surface area contributed by atoms with Crippen LogP contribution in [0.3, 0.4) is 0 Å². The van der Waals surface area contributed by atoms with Crippen molar-refractivity contribution >= 4 is 22.5 Å². The van der Waals surface area contributed by atoms with Crippen LogP contribution in [0, 0.1) is 0 Å². The van der Waals surface area contributed by atoms with E-state index in [-0.39, 0.29) is 0 Å². The fourth-order valence-electron chi connectivity index (χ4n) is 2.79. The molecule has 1 aromatic carbocycles. The van der Waals surface area contributed by atoms with Gasteiger partial charge in [-0.25, -0.2) is 0 Å². The molecule has 0 radical (unpaired) electrons. The summed E-state index contributed by atoms with van der Waals surface area (Å²) in [7, 11) is 0. The average molecular weight is 261 g/mol. The molecule has 0 spiro atoms. The minimum atomic E-state index is 0.540. The van der Waals surface area contributed by atoms with Crippen molar-refractivity contribution in [1.82, 2.24) is 9.88 Å². The summed E-state index contributed by atoms with van der Waals surface area (Å²) in [6.45, 7) is 2.15. The summed E-state index contributed by atoms with van der Waals surface area (Å²) in [5, 5.41) is 1.26. The van der Waals surface area contributed by atoms with Gasteiger partial charge in [0.25, 0.3) is 0 Å². The van der Waals surface area contributed by atoms with Crippen LogP contribution in [0.25, 0.3) is 10.9 Å². The van der Waals surface area contributed by atoms with Crippen molar-refractivity contribution in [2.45, 2.75) is 25.4 Å². The summed E-state index contributed by atoms with van der Waals surface area (Å²) in [5.74, 6) is 0.739. The van der Waals surface area contributed by atoms with Crippen molar-refractivity contribution < 1.29 is 0 Å². The average Bonchev–Trinajstić information content (AvgIpc) is 2.86. The minimum absolute atomic E-state index is 0.540. The highest BCUT2D eigenvalue weighted by Crippen LogP contribution is 2.24. The fraction of sp³-hybridized carbons (Fsp3) is 0.400. The Kier molecular flexibility index (Phi) is 3.48. The summed E-state index contributed by atoms with van der Waals surface area (Å²) in [6.07, 6.45) is 4.40. The Bertz CT molecular complexity index is 536. The Labute approximate surface area is 113 Å². The van der Waals surface area contributed by atoms with E-state index in [1.54, 1.807) is 0 Å². The van der Waals surface area contributed by atoms with Gasteiger partial charge in [-0.2, -0.15) is 0 Å². The van der Waals surface area contributed by atoms with Crippen molar-refractivity contribution in [2.75, 3.05) is 12.4 Å². The molecule has 2 nitrogen and oxygen atoms in total. The topological polar surface area (TPSA) is 16.1 Å². The zero-order valence-electron chi connectivity index (χ0n) is 10.3. The molecule has 1 fully saturated rings. The van der Waals surface area contributed by atoms with Gasteiger partial charge in [-0.3, -0.25) is 9.88 Å². The molecular formula is C15H17ClN2. The highest BCUT2D eigenvalue weighted by atomic mass is 35.5. The third-order valence-electron chi connectivity index (χ3n) is 3.79. The Morgan fingerprint density at radius 2 is 2.17 bits per heavy atom. The number of alkyl halides is 1. The number of likely N-dealkylation sites (tertiary alicyclic amines) is 1. The molecular weight excluding hydrogens is 244 g/mol. The smallest absolute Gasteiger partial charge is 0.0705 e. The number of hydrogen-bond donors (Lipinski definition) is 0. The molecule has 0 amide bonds. The second-order valence-electron chi connectivity index (χ2n) is 4.91. The maximum Gasteiger partial charge on any atom is 0.0705 e. The van der Waals surface area contributed by atoms with Crippen LogP contribution < -0.4 is 0 Å².